The average Bonchev–Trinajstić information content (AvgIpc) is 3.15. The molecule has 21 heavy (non-hydrogen) atoms. The van der Waals surface area contributed by atoms with Crippen molar-refractivity contribution in [3.05, 3.63) is 46.6 Å². The van der Waals surface area contributed by atoms with Crippen molar-refractivity contribution in [1.29, 1.82) is 0 Å². The van der Waals surface area contributed by atoms with E-state index in [9.17, 15) is 0 Å². The minimum absolute atomic E-state index is 0.444. The molecule has 3 aromatic rings. The van der Waals surface area contributed by atoms with Crippen LogP contribution in [0, 0.1) is 13.8 Å². The van der Waals surface area contributed by atoms with Crippen LogP contribution in [0.1, 0.15) is 36.2 Å². The second kappa shape index (κ2) is 6.03. The summed E-state index contributed by atoms with van der Waals surface area (Å²) in [4.78, 5) is 5.71. The second-order valence-electron chi connectivity index (χ2n) is 5.54. The molecule has 0 aromatic carbocycles. The molecule has 1 N–H and O–H groups in total. The summed E-state index contributed by atoms with van der Waals surface area (Å²) in [6.07, 6.45) is 3.77. The fraction of sp³-hybridized carbons (Fsp3) is 0.438. The zero-order valence-electron chi connectivity index (χ0n) is 12.7. The Hall–Kier alpha value is -1.59. The van der Waals surface area contributed by atoms with Gasteiger partial charge in [0.2, 0.25) is 0 Å². The average molecular weight is 303 g/mol. The molecule has 0 aliphatic heterocycles. The number of imidazole rings is 1. The third kappa shape index (κ3) is 3.04. The van der Waals surface area contributed by atoms with Gasteiger partial charge in [-0.05, 0) is 39.3 Å². The number of aryl methyl sites for hydroxylation is 3. The first-order valence-corrected chi connectivity index (χ1v) is 8.21. The van der Waals surface area contributed by atoms with E-state index in [1.807, 2.05) is 12.1 Å². The number of fused-ring (bicyclic) bond motifs is 1. The summed E-state index contributed by atoms with van der Waals surface area (Å²) in [6.45, 7) is 7.29. The molecule has 3 heterocycles. The number of furan rings is 1. The number of nitrogens with zero attached hydrogens (tertiary/aromatic N) is 2. The Morgan fingerprint density at radius 1 is 1.43 bits per heavy atom. The number of nitrogens with one attached hydrogen (secondary N) is 1. The van der Waals surface area contributed by atoms with Crippen molar-refractivity contribution in [3.8, 4) is 0 Å². The van der Waals surface area contributed by atoms with Crippen LogP contribution in [-0.2, 0) is 13.0 Å². The standard InChI is InChI=1S/C16H21N3OS/c1-11(6-7-14-5-4-8-20-14)17-9-15-13(3)18-16-19(15)12(2)10-21-16/h4-5,8,10-11,17H,6-7,9H2,1-3H3. The first kappa shape index (κ1) is 14.4. The molecule has 0 spiro atoms. The first-order valence-electron chi connectivity index (χ1n) is 7.33. The van der Waals surface area contributed by atoms with E-state index in [0.717, 1.165) is 35.8 Å². The minimum Gasteiger partial charge on any atom is -0.469 e. The molecular weight excluding hydrogens is 282 g/mol. The number of rotatable bonds is 6. The molecule has 4 nitrogen and oxygen atoms in total. The predicted octanol–water partition coefficient (Wildman–Crippen LogP) is 3.72. The summed E-state index contributed by atoms with van der Waals surface area (Å²) in [7, 11) is 0. The van der Waals surface area contributed by atoms with Gasteiger partial charge in [-0.1, -0.05) is 0 Å². The highest BCUT2D eigenvalue weighted by molar-refractivity contribution is 7.15. The van der Waals surface area contributed by atoms with Gasteiger partial charge in [-0.15, -0.1) is 11.3 Å². The summed E-state index contributed by atoms with van der Waals surface area (Å²) in [6, 6.07) is 4.42. The van der Waals surface area contributed by atoms with Crippen LogP contribution in [0.4, 0.5) is 0 Å². The second-order valence-corrected chi connectivity index (χ2v) is 6.38. The summed E-state index contributed by atoms with van der Waals surface area (Å²) in [5.74, 6) is 1.06. The SMILES string of the molecule is Cc1nc2scc(C)n2c1CNC(C)CCc1ccco1. The van der Waals surface area contributed by atoms with Gasteiger partial charge in [0.15, 0.2) is 4.96 Å². The lowest BCUT2D eigenvalue weighted by atomic mass is 10.1. The van der Waals surface area contributed by atoms with E-state index in [4.69, 9.17) is 4.42 Å². The monoisotopic (exact) mass is 303 g/mol. The van der Waals surface area contributed by atoms with E-state index in [1.54, 1.807) is 17.6 Å². The summed E-state index contributed by atoms with van der Waals surface area (Å²) < 4.78 is 7.63. The smallest absolute Gasteiger partial charge is 0.194 e. The Labute approximate surface area is 128 Å². The van der Waals surface area contributed by atoms with Gasteiger partial charge in [-0.25, -0.2) is 4.98 Å². The minimum atomic E-state index is 0.444. The molecule has 1 unspecified atom stereocenters. The number of thiazole rings is 1. The Morgan fingerprint density at radius 3 is 3.05 bits per heavy atom. The highest BCUT2D eigenvalue weighted by Crippen LogP contribution is 2.20. The van der Waals surface area contributed by atoms with Crippen LogP contribution in [0.15, 0.2) is 28.2 Å². The predicted molar refractivity (Wildman–Crippen MR) is 85.9 cm³/mol. The lowest BCUT2D eigenvalue weighted by molar-refractivity contribution is 0.457. The molecule has 112 valence electrons. The number of hydrogen-bond donors (Lipinski definition) is 1. The zero-order valence-corrected chi connectivity index (χ0v) is 13.5. The van der Waals surface area contributed by atoms with Crippen molar-refractivity contribution < 1.29 is 4.42 Å². The lowest BCUT2D eigenvalue weighted by Crippen LogP contribution is -2.27. The highest BCUT2D eigenvalue weighted by Gasteiger charge is 2.13. The molecule has 0 saturated heterocycles. The Morgan fingerprint density at radius 2 is 2.29 bits per heavy atom. The maximum absolute atomic E-state index is 5.38. The fourth-order valence-corrected chi connectivity index (χ4v) is 3.49. The van der Waals surface area contributed by atoms with Crippen LogP contribution >= 0.6 is 11.3 Å². The van der Waals surface area contributed by atoms with Crippen LogP contribution < -0.4 is 5.32 Å². The van der Waals surface area contributed by atoms with E-state index < -0.39 is 0 Å². The molecule has 0 fully saturated rings. The third-order valence-electron chi connectivity index (χ3n) is 3.85. The maximum Gasteiger partial charge on any atom is 0.194 e. The molecule has 0 radical (unpaired) electrons. The molecule has 5 heteroatoms. The molecule has 0 aliphatic carbocycles. The zero-order chi connectivity index (χ0) is 14.8. The van der Waals surface area contributed by atoms with Crippen LogP contribution in [-0.4, -0.2) is 15.4 Å². The van der Waals surface area contributed by atoms with Crippen molar-refractivity contribution in [2.75, 3.05) is 0 Å². The van der Waals surface area contributed by atoms with E-state index in [0.29, 0.717) is 6.04 Å². The normalized spacial score (nSPS) is 13.1. The lowest BCUT2D eigenvalue weighted by Gasteiger charge is -2.13. The van der Waals surface area contributed by atoms with Gasteiger partial charge in [0.1, 0.15) is 5.76 Å². The van der Waals surface area contributed by atoms with Crippen molar-refractivity contribution in [3.63, 3.8) is 0 Å². The molecular formula is C16H21N3OS. The van der Waals surface area contributed by atoms with E-state index in [2.05, 4.69) is 40.9 Å². The summed E-state index contributed by atoms with van der Waals surface area (Å²) in [5.41, 5.74) is 3.65. The molecule has 0 saturated carbocycles. The fourth-order valence-electron chi connectivity index (χ4n) is 2.56. The Kier molecular flexibility index (Phi) is 4.12. The summed E-state index contributed by atoms with van der Waals surface area (Å²) in [5, 5.41) is 5.76. The quantitative estimate of drug-likeness (QED) is 0.754. The van der Waals surface area contributed by atoms with Crippen molar-refractivity contribution in [2.24, 2.45) is 0 Å². The highest BCUT2D eigenvalue weighted by atomic mass is 32.1. The molecule has 3 rings (SSSR count). The molecule has 3 aromatic heterocycles. The Balaban J connectivity index is 1.60. The van der Waals surface area contributed by atoms with Gasteiger partial charge in [0.05, 0.1) is 17.7 Å². The maximum atomic E-state index is 5.38. The van der Waals surface area contributed by atoms with Gasteiger partial charge < -0.3 is 9.73 Å². The number of aromatic nitrogens is 2. The van der Waals surface area contributed by atoms with Crippen molar-refractivity contribution in [2.45, 2.75) is 46.2 Å². The first-order chi connectivity index (χ1) is 10.1. The number of hydrogen-bond acceptors (Lipinski definition) is 4. The molecule has 0 aliphatic rings. The van der Waals surface area contributed by atoms with Crippen LogP contribution in [0.3, 0.4) is 0 Å². The molecule has 0 bridgehead atoms. The van der Waals surface area contributed by atoms with E-state index >= 15 is 0 Å². The largest absolute Gasteiger partial charge is 0.469 e. The van der Waals surface area contributed by atoms with Crippen LogP contribution in [0.2, 0.25) is 0 Å². The van der Waals surface area contributed by atoms with Gasteiger partial charge in [-0.3, -0.25) is 4.40 Å². The van der Waals surface area contributed by atoms with Crippen molar-refractivity contribution in [1.82, 2.24) is 14.7 Å². The van der Waals surface area contributed by atoms with Gasteiger partial charge >= 0.3 is 0 Å². The third-order valence-corrected chi connectivity index (χ3v) is 4.80. The molecule has 0 amide bonds. The van der Waals surface area contributed by atoms with Crippen LogP contribution in [0.25, 0.3) is 4.96 Å². The van der Waals surface area contributed by atoms with Crippen molar-refractivity contribution >= 4 is 16.3 Å². The van der Waals surface area contributed by atoms with Gasteiger partial charge in [0.25, 0.3) is 0 Å². The summed E-state index contributed by atoms with van der Waals surface area (Å²) >= 11 is 1.70. The van der Waals surface area contributed by atoms with E-state index in [1.165, 1.54) is 11.4 Å². The van der Waals surface area contributed by atoms with Gasteiger partial charge in [-0.2, -0.15) is 0 Å². The van der Waals surface area contributed by atoms with Crippen LogP contribution in [0.5, 0.6) is 0 Å². The topological polar surface area (TPSA) is 42.5 Å². The van der Waals surface area contributed by atoms with Gasteiger partial charge in [0, 0.05) is 30.1 Å². The van der Waals surface area contributed by atoms with E-state index in [-0.39, 0.29) is 0 Å². The Bertz CT molecular complexity index is 711. The molecule has 1 atom stereocenters.